The van der Waals surface area contributed by atoms with Crippen LogP contribution in [0, 0.1) is 0 Å². The van der Waals surface area contributed by atoms with Crippen LogP contribution in [0.2, 0.25) is 5.02 Å². The molecule has 4 N–H and O–H groups in total. The molecule has 3 aromatic rings. The molecule has 1 aliphatic rings. The van der Waals surface area contributed by atoms with E-state index in [1.54, 1.807) is 18.3 Å². The second-order valence-corrected chi connectivity index (χ2v) is 8.89. The first-order valence-electron chi connectivity index (χ1n) is 11.5. The van der Waals surface area contributed by atoms with E-state index >= 15 is 0 Å². The summed E-state index contributed by atoms with van der Waals surface area (Å²) in [5, 5.41) is 7.36. The molecule has 0 bridgehead atoms. The predicted molar refractivity (Wildman–Crippen MR) is 133 cm³/mol. The van der Waals surface area contributed by atoms with Gasteiger partial charge in [0.1, 0.15) is 12.4 Å². The number of benzene rings is 1. The second-order valence-electron chi connectivity index (χ2n) is 8.48. The van der Waals surface area contributed by atoms with Crippen molar-refractivity contribution in [2.45, 2.75) is 57.8 Å². The largest absolute Gasteiger partial charge is 0.361 e. The summed E-state index contributed by atoms with van der Waals surface area (Å²) in [6.45, 7) is 2.63. The minimum absolute atomic E-state index is 0.0851. The maximum Gasteiger partial charge on any atom is 0.312 e. The second kappa shape index (κ2) is 10.8. The Morgan fingerprint density at radius 3 is 2.65 bits per heavy atom. The number of urea groups is 1. The highest BCUT2D eigenvalue weighted by Gasteiger charge is 2.23. The van der Waals surface area contributed by atoms with Crippen LogP contribution in [0.5, 0.6) is 0 Å². The standard InChI is InChI=1S/C24H29ClN6O3/c1-2-11-34-14-31-21-15(12-19(22(31)32)18-5-3-4-6-20(18)25)13-27-24(30-21)29-17-9-7-16(8-10-17)28-23(26)33/h3-6,12-13,16-17H,2,7-11,14H2,1H3,(H3,26,28,33)(H,27,29,30). The van der Waals surface area contributed by atoms with Crippen LogP contribution in [-0.4, -0.2) is 39.3 Å². The smallest absolute Gasteiger partial charge is 0.312 e. The maximum absolute atomic E-state index is 13.5. The molecule has 2 heterocycles. The topological polar surface area (TPSA) is 124 Å². The zero-order valence-electron chi connectivity index (χ0n) is 19.1. The molecule has 0 aliphatic heterocycles. The molecule has 0 radical (unpaired) electrons. The van der Waals surface area contributed by atoms with Crippen molar-refractivity contribution < 1.29 is 9.53 Å². The van der Waals surface area contributed by atoms with Crippen LogP contribution in [0.25, 0.3) is 22.2 Å². The average Bonchev–Trinajstić information content (AvgIpc) is 2.82. The van der Waals surface area contributed by atoms with Crippen LogP contribution in [-0.2, 0) is 11.5 Å². The number of hydrogen-bond acceptors (Lipinski definition) is 6. The summed E-state index contributed by atoms with van der Waals surface area (Å²) >= 11 is 6.38. The number of carbonyl (C=O) groups excluding carboxylic acids is 1. The van der Waals surface area contributed by atoms with Crippen LogP contribution in [0.4, 0.5) is 10.7 Å². The lowest BCUT2D eigenvalue weighted by Crippen LogP contribution is -2.42. The summed E-state index contributed by atoms with van der Waals surface area (Å²) in [6.07, 6.45) is 5.90. The number of fused-ring (bicyclic) bond motifs is 1. The van der Waals surface area contributed by atoms with Crippen molar-refractivity contribution in [2.75, 3.05) is 11.9 Å². The molecule has 1 aliphatic carbocycles. The van der Waals surface area contributed by atoms with Crippen molar-refractivity contribution in [3.63, 3.8) is 0 Å². The predicted octanol–water partition coefficient (Wildman–Crippen LogP) is 3.89. The first-order chi connectivity index (χ1) is 16.5. The summed E-state index contributed by atoms with van der Waals surface area (Å²) < 4.78 is 7.25. The number of pyridine rings is 1. The van der Waals surface area contributed by atoms with Gasteiger partial charge in [-0.3, -0.25) is 9.36 Å². The molecule has 1 aromatic carbocycles. The maximum atomic E-state index is 13.5. The van der Waals surface area contributed by atoms with E-state index in [9.17, 15) is 9.59 Å². The van der Waals surface area contributed by atoms with E-state index in [2.05, 4.69) is 20.6 Å². The molecule has 1 fully saturated rings. The monoisotopic (exact) mass is 484 g/mol. The molecule has 0 spiro atoms. The average molecular weight is 485 g/mol. The normalized spacial score (nSPS) is 18.1. The van der Waals surface area contributed by atoms with Gasteiger partial charge in [0, 0.05) is 46.4 Å². The number of hydrogen-bond donors (Lipinski definition) is 3. The van der Waals surface area contributed by atoms with E-state index in [0.717, 1.165) is 37.5 Å². The number of aromatic nitrogens is 3. The van der Waals surface area contributed by atoms with Crippen molar-refractivity contribution in [3.05, 3.63) is 51.9 Å². The van der Waals surface area contributed by atoms with E-state index in [1.165, 1.54) is 4.57 Å². The van der Waals surface area contributed by atoms with E-state index in [0.29, 0.717) is 34.4 Å². The van der Waals surface area contributed by atoms with Crippen LogP contribution in [0.3, 0.4) is 0 Å². The molecule has 2 amide bonds. The molecule has 0 unspecified atom stereocenters. The number of rotatable bonds is 8. The molecule has 2 aromatic heterocycles. The number of nitrogens with two attached hydrogens (primary N) is 1. The SMILES string of the molecule is CCCOCn1c(=O)c(-c2ccccc2Cl)cc2cnc(NC3CCC(NC(N)=O)CC3)nc21. The van der Waals surface area contributed by atoms with Crippen LogP contribution >= 0.6 is 11.6 Å². The van der Waals surface area contributed by atoms with Gasteiger partial charge in [-0.1, -0.05) is 36.7 Å². The van der Waals surface area contributed by atoms with Gasteiger partial charge in [-0.2, -0.15) is 4.98 Å². The van der Waals surface area contributed by atoms with Gasteiger partial charge in [0.05, 0.1) is 0 Å². The fourth-order valence-corrected chi connectivity index (χ4v) is 4.52. The molecule has 1 saturated carbocycles. The van der Waals surface area contributed by atoms with Crippen molar-refractivity contribution >= 4 is 34.6 Å². The molecular formula is C24H29ClN6O3. The minimum atomic E-state index is -0.492. The highest BCUT2D eigenvalue weighted by atomic mass is 35.5. The number of nitrogens with zero attached hydrogens (tertiary/aromatic N) is 3. The van der Waals surface area contributed by atoms with Gasteiger partial charge in [0.15, 0.2) is 0 Å². The number of nitrogens with one attached hydrogen (secondary N) is 2. The third-order valence-corrected chi connectivity index (χ3v) is 6.30. The molecule has 9 nitrogen and oxygen atoms in total. The zero-order valence-corrected chi connectivity index (χ0v) is 19.8. The van der Waals surface area contributed by atoms with Crippen molar-refractivity contribution in [3.8, 4) is 11.1 Å². The lowest BCUT2D eigenvalue weighted by atomic mass is 9.91. The Morgan fingerprint density at radius 2 is 1.94 bits per heavy atom. The Hall–Kier alpha value is -3.17. The Kier molecular flexibility index (Phi) is 7.64. The molecule has 34 heavy (non-hydrogen) atoms. The van der Waals surface area contributed by atoms with Gasteiger partial charge in [0.2, 0.25) is 5.95 Å². The van der Waals surface area contributed by atoms with Crippen LogP contribution in [0.15, 0.2) is 41.3 Å². The summed E-state index contributed by atoms with van der Waals surface area (Å²) in [4.78, 5) is 33.7. The van der Waals surface area contributed by atoms with E-state index in [4.69, 9.17) is 22.1 Å². The lowest BCUT2D eigenvalue weighted by molar-refractivity contribution is 0.0779. The quantitative estimate of drug-likeness (QED) is 0.417. The number of anilines is 1. The summed E-state index contributed by atoms with van der Waals surface area (Å²) in [5.74, 6) is 0.452. The van der Waals surface area contributed by atoms with Gasteiger partial charge in [-0.15, -0.1) is 0 Å². The Morgan fingerprint density at radius 1 is 1.21 bits per heavy atom. The fraction of sp³-hybridized carbons (Fsp3) is 0.417. The number of carbonyl (C=O) groups is 1. The molecule has 10 heteroatoms. The van der Waals surface area contributed by atoms with Gasteiger partial charge >= 0.3 is 6.03 Å². The minimum Gasteiger partial charge on any atom is -0.361 e. The third-order valence-electron chi connectivity index (χ3n) is 5.97. The van der Waals surface area contributed by atoms with Crippen molar-refractivity contribution in [2.24, 2.45) is 5.73 Å². The van der Waals surface area contributed by atoms with Gasteiger partial charge in [-0.25, -0.2) is 9.78 Å². The number of ether oxygens (including phenoxy) is 1. The zero-order chi connectivity index (χ0) is 24.1. The molecule has 0 atom stereocenters. The number of halogens is 1. The highest BCUT2D eigenvalue weighted by Crippen LogP contribution is 2.28. The third kappa shape index (κ3) is 5.48. The number of amides is 2. The Labute approximate surface area is 202 Å². The van der Waals surface area contributed by atoms with Gasteiger partial charge in [0.25, 0.3) is 5.56 Å². The highest BCUT2D eigenvalue weighted by molar-refractivity contribution is 6.33. The Balaban J connectivity index is 1.64. The summed E-state index contributed by atoms with van der Waals surface area (Å²) in [5.41, 5.74) is 6.64. The first kappa shape index (κ1) is 24.0. The van der Waals surface area contributed by atoms with E-state index in [1.807, 2.05) is 25.1 Å². The molecule has 4 rings (SSSR count). The van der Waals surface area contributed by atoms with Crippen LogP contribution < -0.4 is 21.9 Å². The van der Waals surface area contributed by atoms with E-state index < -0.39 is 6.03 Å². The van der Waals surface area contributed by atoms with Gasteiger partial charge in [-0.05, 0) is 44.2 Å². The first-order valence-corrected chi connectivity index (χ1v) is 11.9. The fourth-order valence-electron chi connectivity index (χ4n) is 4.29. The molecular weight excluding hydrogens is 456 g/mol. The summed E-state index contributed by atoms with van der Waals surface area (Å²) in [6, 6.07) is 8.81. The number of primary amides is 1. The molecule has 0 saturated heterocycles. The van der Waals surface area contributed by atoms with Gasteiger partial charge < -0.3 is 21.1 Å². The summed E-state index contributed by atoms with van der Waals surface area (Å²) in [7, 11) is 0. The Bertz CT molecular complexity index is 1220. The van der Waals surface area contributed by atoms with Crippen molar-refractivity contribution in [1.29, 1.82) is 0 Å². The lowest BCUT2D eigenvalue weighted by Gasteiger charge is -2.29. The van der Waals surface area contributed by atoms with Crippen molar-refractivity contribution in [1.82, 2.24) is 19.9 Å². The van der Waals surface area contributed by atoms with E-state index in [-0.39, 0.29) is 24.4 Å². The van der Waals surface area contributed by atoms with Crippen LogP contribution in [0.1, 0.15) is 39.0 Å². The molecule has 180 valence electrons.